The zero-order valence-corrected chi connectivity index (χ0v) is 10.1. The number of carboxylic acids is 1. The van der Waals surface area contributed by atoms with E-state index in [9.17, 15) is 4.79 Å². The summed E-state index contributed by atoms with van der Waals surface area (Å²) in [6.45, 7) is 0. The largest absolute Gasteiger partial charge is 0.480 e. The second kappa shape index (κ2) is 4.95. The fourth-order valence-electron chi connectivity index (χ4n) is 1.01. The van der Waals surface area contributed by atoms with Gasteiger partial charge in [0.05, 0.1) is 0 Å². The molecule has 1 rings (SSSR count). The van der Waals surface area contributed by atoms with Crippen LogP contribution in [0.2, 0.25) is 5.02 Å². The molecule has 0 aliphatic carbocycles. The Morgan fingerprint density at radius 2 is 2.29 bits per heavy atom. The predicted octanol–water partition coefficient (Wildman–Crippen LogP) is 1.90. The number of hydrogen-bond donors (Lipinski definition) is 2. The van der Waals surface area contributed by atoms with Crippen molar-refractivity contribution in [2.24, 2.45) is 5.73 Å². The van der Waals surface area contributed by atoms with Gasteiger partial charge in [-0.05, 0) is 46.7 Å². The van der Waals surface area contributed by atoms with Crippen LogP contribution in [-0.2, 0) is 11.2 Å². The van der Waals surface area contributed by atoms with E-state index in [-0.39, 0.29) is 6.42 Å². The molecule has 14 heavy (non-hydrogen) atoms. The van der Waals surface area contributed by atoms with Gasteiger partial charge in [-0.25, -0.2) is 0 Å². The molecule has 5 heteroatoms. The minimum Gasteiger partial charge on any atom is -0.480 e. The molecule has 0 aliphatic rings. The summed E-state index contributed by atoms with van der Waals surface area (Å²) in [6, 6.07) is 4.56. The molecule has 0 radical (unpaired) electrons. The average molecular weight is 326 g/mol. The number of hydrogen-bond acceptors (Lipinski definition) is 2. The lowest BCUT2D eigenvalue weighted by Gasteiger charge is -2.08. The Morgan fingerprint density at radius 3 is 2.79 bits per heavy atom. The first-order valence-corrected chi connectivity index (χ1v) is 5.38. The number of carboxylic acid groups (broad SMARTS) is 1. The van der Waals surface area contributed by atoms with Gasteiger partial charge < -0.3 is 10.8 Å². The lowest BCUT2D eigenvalue weighted by atomic mass is 10.1. The van der Waals surface area contributed by atoms with Gasteiger partial charge in [0.15, 0.2) is 0 Å². The lowest BCUT2D eigenvalue weighted by molar-refractivity contribution is -0.138. The lowest BCUT2D eigenvalue weighted by Crippen LogP contribution is -2.32. The molecule has 3 nitrogen and oxygen atoms in total. The van der Waals surface area contributed by atoms with Crippen molar-refractivity contribution in [1.82, 2.24) is 0 Å². The molecule has 3 N–H and O–H groups in total. The van der Waals surface area contributed by atoms with Crippen LogP contribution in [0, 0.1) is 3.57 Å². The van der Waals surface area contributed by atoms with Crippen molar-refractivity contribution in [3.63, 3.8) is 0 Å². The van der Waals surface area contributed by atoms with Crippen LogP contribution in [0.5, 0.6) is 0 Å². The summed E-state index contributed by atoms with van der Waals surface area (Å²) in [4.78, 5) is 10.5. The van der Waals surface area contributed by atoms with E-state index in [1.807, 2.05) is 6.07 Å². The Bertz CT molecular complexity index is 357. The molecular weight excluding hydrogens is 316 g/mol. The van der Waals surface area contributed by atoms with Crippen LogP contribution in [0.3, 0.4) is 0 Å². The first-order valence-electron chi connectivity index (χ1n) is 3.93. The molecule has 0 saturated carbocycles. The molecule has 0 aliphatic heterocycles. The zero-order chi connectivity index (χ0) is 10.7. The predicted molar refractivity (Wildman–Crippen MR) is 63.5 cm³/mol. The molecule has 0 bridgehead atoms. The van der Waals surface area contributed by atoms with E-state index in [2.05, 4.69) is 22.6 Å². The fraction of sp³-hybridized carbons (Fsp3) is 0.222. The topological polar surface area (TPSA) is 63.3 Å². The maximum atomic E-state index is 10.5. The second-order valence-corrected chi connectivity index (χ2v) is 4.54. The molecule has 1 aromatic carbocycles. The Balaban J connectivity index is 2.82. The minimum atomic E-state index is -1.01. The van der Waals surface area contributed by atoms with Gasteiger partial charge in [-0.15, -0.1) is 0 Å². The third-order valence-corrected chi connectivity index (χ3v) is 2.79. The fourth-order valence-corrected chi connectivity index (χ4v) is 1.94. The van der Waals surface area contributed by atoms with Crippen molar-refractivity contribution in [3.8, 4) is 0 Å². The normalized spacial score (nSPS) is 12.5. The molecule has 0 amide bonds. The maximum Gasteiger partial charge on any atom is 0.320 e. The number of benzene rings is 1. The Morgan fingerprint density at radius 1 is 1.64 bits per heavy atom. The Labute approximate surface area is 100 Å². The highest BCUT2D eigenvalue weighted by Crippen LogP contribution is 2.20. The summed E-state index contributed by atoms with van der Waals surface area (Å²) in [5.74, 6) is -1.01. The van der Waals surface area contributed by atoms with E-state index < -0.39 is 12.0 Å². The van der Waals surface area contributed by atoms with Gasteiger partial charge in [0.1, 0.15) is 6.04 Å². The summed E-state index contributed by atoms with van der Waals surface area (Å²) in [6.07, 6.45) is 0.255. The van der Waals surface area contributed by atoms with Crippen molar-refractivity contribution in [3.05, 3.63) is 32.4 Å². The van der Waals surface area contributed by atoms with Crippen LogP contribution >= 0.6 is 34.2 Å². The highest BCUT2D eigenvalue weighted by molar-refractivity contribution is 14.1. The van der Waals surface area contributed by atoms with E-state index in [0.29, 0.717) is 5.02 Å². The quantitative estimate of drug-likeness (QED) is 0.834. The number of nitrogens with two attached hydrogens (primary N) is 1. The number of rotatable bonds is 3. The summed E-state index contributed by atoms with van der Waals surface area (Å²) in [5, 5.41) is 9.18. The third-order valence-electron chi connectivity index (χ3n) is 1.77. The molecule has 1 aromatic rings. The molecule has 1 atom stereocenters. The molecule has 0 aromatic heterocycles. The van der Waals surface area contributed by atoms with Gasteiger partial charge >= 0.3 is 5.97 Å². The highest BCUT2D eigenvalue weighted by Gasteiger charge is 2.13. The van der Waals surface area contributed by atoms with E-state index in [1.165, 1.54) is 0 Å². The average Bonchev–Trinajstić information content (AvgIpc) is 2.09. The van der Waals surface area contributed by atoms with E-state index in [4.69, 9.17) is 22.4 Å². The molecule has 76 valence electrons. The van der Waals surface area contributed by atoms with Gasteiger partial charge in [0, 0.05) is 8.59 Å². The monoisotopic (exact) mass is 325 g/mol. The third kappa shape index (κ3) is 3.11. The van der Waals surface area contributed by atoms with Crippen molar-refractivity contribution in [2.75, 3.05) is 0 Å². The van der Waals surface area contributed by atoms with Gasteiger partial charge in [0.25, 0.3) is 0 Å². The van der Waals surface area contributed by atoms with Gasteiger partial charge in [0.2, 0.25) is 0 Å². The molecule has 0 heterocycles. The van der Waals surface area contributed by atoms with Crippen LogP contribution in [-0.4, -0.2) is 17.1 Å². The summed E-state index contributed by atoms with van der Waals surface area (Å²) < 4.78 is 1.01. The Kier molecular flexibility index (Phi) is 4.15. The van der Waals surface area contributed by atoms with Crippen molar-refractivity contribution in [1.29, 1.82) is 0 Å². The molecule has 0 unspecified atom stereocenters. The van der Waals surface area contributed by atoms with E-state index in [0.717, 1.165) is 9.13 Å². The molecular formula is C9H9ClINO2. The summed E-state index contributed by atoms with van der Waals surface area (Å²) in [5.41, 5.74) is 6.16. The number of aliphatic carboxylic acids is 1. The standard InChI is InChI=1S/C9H9ClINO2/c10-7-4-6(11)2-1-5(7)3-8(12)9(13)14/h1-2,4,8H,3,12H2,(H,13,14)/t8-/m0/s1. The van der Waals surface area contributed by atoms with E-state index in [1.54, 1.807) is 12.1 Å². The Hall–Kier alpha value is -0.330. The van der Waals surface area contributed by atoms with Crippen molar-refractivity contribution >= 4 is 40.2 Å². The molecule has 0 spiro atoms. The van der Waals surface area contributed by atoms with Crippen LogP contribution in [0.1, 0.15) is 5.56 Å². The first-order chi connectivity index (χ1) is 6.50. The van der Waals surface area contributed by atoms with Crippen molar-refractivity contribution in [2.45, 2.75) is 12.5 Å². The smallest absolute Gasteiger partial charge is 0.320 e. The number of carbonyl (C=O) groups is 1. The van der Waals surface area contributed by atoms with Crippen LogP contribution in [0.15, 0.2) is 18.2 Å². The van der Waals surface area contributed by atoms with E-state index >= 15 is 0 Å². The second-order valence-electron chi connectivity index (χ2n) is 2.88. The van der Waals surface area contributed by atoms with Crippen LogP contribution < -0.4 is 5.73 Å². The summed E-state index contributed by atoms with van der Waals surface area (Å²) >= 11 is 8.06. The van der Waals surface area contributed by atoms with Crippen LogP contribution in [0.25, 0.3) is 0 Å². The number of halogens is 2. The first kappa shape index (κ1) is 11.7. The van der Waals surface area contributed by atoms with Gasteiger partial charge in [-0.1, -0.05) is 17.7 Å². The molecule has 0 saturated heterocycles. The summed E-state index contributed by atoms with van der Waals surface area (Å²) in [7, 11) is 0. The maximum absolute atomic E-state index is 10.5. The van der Waals surface area contributed by atoms with Crippen molar-refractivity contribution < 1.29 is 9.90 Å². The minimum absolute atomic E-state index is 0.255. The highest BCUT2D eigenvalue weighted by atomic mass is 127. The SMILES string of the molecule is N[C@@H](Cc1ccc(I)cc1Cl)C(=O)O. The van der Waals surface area contributed by atoms with Gasteiger partial charge in [-0.2, -0.15) is 0 Å². The zero-order valence-electron chi connectivity index (χ0n) is 7.21. The molecule has 0 fully saturated rings. The van der Waals surface area contributed by atoms with Crippen LogP contribution in [0.4, 0.5) is 0 Å². The van der Waals surface area contributed by atoms with Gasteiger partial charge in [-0.3, -0.25) is 4.79 Å².